The Morgan fingerprint density at radius 3 is 2.72 bits per heavy atom. The number of benzene rings is 1. The Morgan fingerprint density at radius 1 is 1.41 bits per heavy atom. The number of rotatable bonds is 8. The number of allylic oxidation sites excluding steroid dienone is 1. The molecule has 1 aromatic carbocycles. The monoisotopic (exact) mass is 480 g/mol. The molecule has 4 N–H and O–H groups in total. The van der Waals surface area contributed by atoms with Gasteiger partial charge in [-0.05, 0) is 44.2 Å². The third kappa shape index (κ3) is 4.94. The van der Waals surface area contributed by atoms with Gasteiger partial charge in [0, 0.05) is 28.4 Å². The van der Waals surface area contributed by atoms with E-state index < -0.39 is 34.5 Å². The Labute approximate surface area is 195 Å². The van der Waals surface area contributed by atoms with Crippen LogP contribution in [0.2, 0.25) is 5.02 Å². The number of ether oxygens (including phenoxy) is 1. The van der Waals surface area contributed by atoms with Gasteiger partial charge < -0.3 is 21.1 Å². The SMILES string of the molecule is CCOC(=O)C1=C(C[C@@H](CC)C(N)=O)NC(C2(C)NC=CS2)=N[C@H]1c1ccc(F)cc1Cl. The van der Waals surface area contributed by atoms with Crippen LogP contribution in [0, 0.1) is 11.7 Å². The van der Waals surface area contributed by atoms with E-state index in [0.717, 1.165) is 0 Å². The second-order valence-corrected chi connectivity index (χ2v) is 9.33. The summed E-state index contributed by atoms with van der Waals surface area (Å²) in [7, 11) is 0. The molecule has 3 atom stereocenters. The fourth-order valence-corrected chi connectivity index (χ4v) is 4.64. The van der Waals surface area contributed by atoms with Crippen LogP contribution >= 0.6 is 23.4 Å². The average Bonchev–Trinajstić information content (AvgIpc) is 3.19. The number of thioether (sulfide) groups is 1. The first-order valence-electron chi connectivity index (χ1n) is 10.3. The summed E-state index contributed by atoms with van der Waals surface area (Å²) in [6, 6.07) is 3.11. The summed E-state index contributed by atoms with van der Waals surface area (Å²) in [5.74, 6) is -1.51. The number of carbonyl (C=O) groups excluding carboxylic acids is 2. The van der Waals surface area contributed by atoms with Crippen molar-refractivity contribution in [3.8, 4) is 0 Å². The molecule has 0 radical (unpaired) electrons. The topological polar surface area (TPSA) is 106 Å². The highest BCUT2D eigenvalue weighted by Gasteiger charge is 2.40. The van der Waals surface area contributed by atoms with E-state index in [0.29, 0.717) is 23.5 Å². The number of hydrogen-bond donors (Lipinski definition) is 3. The summed E-state index contributed by atoms with van der Waals surface area (Å²) in [6.07, 6.45) is 2.50. The lowest BCUT2D eigenvalue weighted by atomic mass is 9.90. The minimum absolute atomic E-state index is 0.137. The summed E-state index contributed by atoms with van der Waals surface area (Å²) in [6.45, 7) is 5.64. The third-order valence-corrected chi connectivity index (χ3v) is 6.79. The largest absolute Gasteiger partial charge is 0.463 e. The lowest BCUT2D eigenvalue weighted by Crippen LogP contribution is -2.51. The number of primary amides is 1. The zero-order valence-corrected chi connectivity index (χ0v) is 19.6. The van der Waals surface area contributed by atoms with E-state index in [-0.39, 0.29) is 23.6 Å². The molecule has 2 aliphatic heterocycles. The zero-order valence-electron chi connectivity index (χ0n) is 18.1. The van der Waals surface area contributed by atoms with Crippen LogP contribution in [0.25, 0.3) is 0 Å². The standard InChI is InChI=1S/C22H26ClFN4O3S/c1-4-12(19(25)29)10-16-17(20(30)31-5-2)18(14-7-6-13(24)11-15(14)23)28-21(27-16)22(3)26-8-9-32-22/h6-9,11-12,18,26H,4-5,10H2,1-3H3,(H2,25,29)(H,27,28)/t12-,18+,22?/m1/s1. The lowest BCUT2D eigenvalue weighted by Gasteiger charge is -2.35. The van der Waals surface area contributed by atoms with Crippen molar-refractivity contribution in [1.29, 1.82) is 0 Å². The van der Waals surface area contributed by atoms with Gasteiger partial charge in [-0.25, -0.2) is 9.18 Å². The number of nitrogens with two attached hydrogens (primary N) is 1. The van der Waals surface area contributed by atoms with Gasteiger partial charge in [-0.1, -0.05) is 36.4 Å². The number of esters is 1. The molecule has 0 aliphatic carbocycles. The van der Waals surface area contributed by atoms with E-state index in [2.05, 4.69) is 10.6 Å². The number of amides is 1. The molecule has 172 valence electrons. The minimum Gasteiger partial charge on any atom is -0.463 e. The fraction of sp³-hybridized carbons (Fsp3) is 0.409. The summed E-state index contributed by atoms with van der Waals surface area (Å²) in [5.41, 5.74) is 6.76. The second-order valence-electron chi connectivity index (χ2n) is 7.59. The van der Waals surface area contributed by atoms with Crippen LogP contribution in [0.5, 0.6) is 0 Å². The van der Waals surface area contributed by atoms with Crippen LogP contribution in [0.3, 0.4) is 0 Å². The van der Waals surface area contributed by atoms with E-state index >= 15 is 0 Å². The number of aliphatic imine (C=N–C) groups is 1. The molecule has 2 heterocycles. The summed E-state index contributed by atoms with van der Waals surface area (Å²) < 4.78 is 19.1. The van der Waals surface area contributed by atoms with Gasteiger partial charge in [-0.3, -0.25) is 9.79 Å². The zero-order chi connectivity index (χ0) is 23.5. The molecule has 0 bridgehead atoms. The molecule has 0 fully saturated rings. The van der Waals surface area contributed by atoms with E-state index in [1.54, 1.807) is 13.1 Å². The van der Waals surface area contributed by atoms with E-state index in [4.69, 9.17) is 27.1 Å². The van der Waals surface area contributed by atoms with Gasteiger partial charge in [0.25, 0.3) is 0 Å². The number of halogens is 2. The van der Waals surface area contributed by atoms with Crippen molar-refractivity contribution in [2.75, 3.05) is 6.61 Å². The van der Waals surface area contributed by atoms with Crippen LogP contribution in [-0.4, -0.2) is 29.2 Å². The molecule has 1 unspecified atom stereocenters. The first-order valence-corrected chi connectivity index (χ1v) is 11.6. The van der Waals surface area contributed by atoms with E-state index in [1.807, 2.05) is 19.3 Å². The Hall–Kier alpha value is -2.52. The predicted octanol–water partition coefficient (Wildman–Crippen LogP) is 3.76. The minimum atomic E-state index is -0.849. The van der Waals surface area contributed by atoms with Gasteiger partial charge in [0.2, 0.25) is 5.91 Å². The maximum absolute atomic E-state index is 13.7. The molecule has 10 heteroatoms. The Kier molecular flexibility index (Phi) is 7.51. The number of amidine groups is 1. The molecular weight excluding hydrogens is 455 g/mol. The van der Waals surface area contributed by atoms with E-state index in [1.165, 1.54) is 30.0 Å². The number of hydrogen-bond acceptors (Lipinski definition) is 7. The highest BCUT2D eigenvalue weighted by atomic mass is 35.5. The molecule has 0 spiro atoms. The first-order chi connectivity index (χ1) is 15.2. The molecule has 3 rings (SSSR count). The van der Waals surface area contributed by atoms with Gasteiger partial charge in [-0.2, -0.15) is 0 Å². The number of carbonyl (C=O) groups is 2. The second kappa shape index (κ2) is 9.95. The molecule has 32 heavy (non-hydrogen) atoms. The van der Waals surface area contributed by atoms with Crippen LogP contribution in [-0.2, 0) is 14.3 Å². The van der Waals surface area contributed by atoms with Crippen LogP contribution in [0.4, 0.5) is 4.39 Å². The Balaban J connectivity index is 2.18. The number of nitrogens with zero attached hydrogens (tertiary/aromatic N) is 1. The Bertz CT molecular complexity index is 1000. The number of nitrogens with one attached hydrogen (secondary N) is 2. The molecular formula is C22H26ClFN4O3S. The van der Waals surface area contributed by atoms with Gasteiger partial charge in [0.15, 0.2) is 0 Å². The fourth-order valence-electron chi connectivity index (χ4n) is 3.61. The molecule has 1 amide bonds. The van der Waals surface area contributed by atoms with Crippen molar-refractivity contribution in [3.63, 3.8) is 0 Å². The summed E-state index contributed by atoms with van der Waals surface area (Å²) in [5, 5.41) is 8.53. The highest BCUT2D eigenvalue weighted by molar-refractivity contribution is 8.04. The molecule has 7 nitrogen and oxygen atoms in total. The van der Waals surface area contributed by atoms with Gasteiger partial charge >= 0.3 is 5.97 Å². The lowest BCUT2D eigenvalue weighted by molar-refractivity contribution is -0.139. The van der Waals surface area contributed by atoms with Crippen LogP contribution < -0.4 is 16.4 Å². The van der Waals surface area contributed by atoms with Crippen molar-refractivity contribution in [3.05, 3.63) is 57.5 Å². The maximum Gasteiger partial charge on any atom is 0.338 e. The average molecular weight is 481 g/mol. The predicted molar refractivity (Wildman–Crippen MR) is 124 cm³/mol. The van der Waals surface area contributed by atoms with Crippen molar-refractivity contribution in [2.45, 2.75) is 44.5 Å². The quantitative estimate of drug-likeness (QED) is 0.489. The smallest absolute Gasteiger partial charge is 0.338 e. The van der Waals surface area contributed by atoms with Gasteiger partial charge in [0.1, 0.15) is 22.6 Å². The molecule has 0 saturated heterocycles. The van der Waals surface area contributed by atoms with E-state index in [9.17, 15) is 14.0 Å². The summed E-state index contributed by atoms with van der Waals surface area (Å²) >= 11 is 7.87. The molecule has 1 aromatic rings. The maximum atomic E-state index is 13.7. The highest BCUT2D eigenvalue weighted by Crippen LogP contribution is 2.40. The van der Waals surface area contributed by atoms with Gasteiger partial charge in [-0.15, -0.1) is 0 Å². The molecule has 0 saturated carbocycles. The molecule has 2 aliphatic rings. The van der Waals surface area contributed by atoms with Crippen LogP contribution in [0.1, 0.15) is 45.2 Å². The first kappa shape index (κ1) is 24.1. The van der Waals surface area contributed by atoms with Crippen molar-refractivity contribution < 1.29 is 18.7 Å². The van der Waals surface area contributed by atoms with Gasteiger partial charge in [0.05, 0.1) is 12.2 Å². The van der Waals surface area contributed by atoms with Crippen LogP contribution in [0.15, 0.2) is 46.1 Å². The van der Waals surface area contributed by atoms with Crippen molar-refractivity contribution in [2.24, 2.45) is 16.6 Å². The molecule has 0 aromatic heterocycles. The third-order valence-electron chi connectivity index (χ3n) is 5.41. The normalized spacial score (nSPS) is 23.3. The van der Waals surface area contributed by atoms with Crippen molar-refractivity contribution in [1.82, 2.24) is 10.6 Å². The van der Waals surface area contributed by atoms with Crippen molar-refractivity contribution >= 4 is 41.1 Å². The Morgan fingerprint density at radius 2 is 2.16 bits per heavy atom. The summed E-state index contributed by atoms with van der Waals surface area (Å²) in [4.78, 5) is 29.2.